The second-order valence-corrected chi connectivity index (χ2v) is 7.80. The summed E-state index contributed by atoms with van der Waals surface area (Å²) < 4.78 is 11.3. The van der Waals surface area contributed by atoms with Crippen molar-refractivity contribution in [3.63, 3.8) is 0 Å². The Hall–Kier alpha value is -4.17. The Balaban J connectivity index is 1.60. The monoisotopic (exact) mass is 477 g/mol. The Labute approximate surface area is 200 Å². The molecule has 0 fully saturated rings. The van der Waals surface area contributed by atoms with Gasteiger partial charge >= 0.3 is 5.97 Å². The van der Waals surface area contributed by atoms with Gasteiger partial charge in [-0.05, 0) is 36.4 Å². The van der Waals surface area contributed by atoms with E-state index >= 15 is 0 Å². The lowest BCUT2D eigenvalue weighted by Crippen LogP contribution is -2.25. The first-order valence-corrected chi connectivity index (χ1v) is 10.7. The molecule has 0 saturated heterocycles. The van der Waals surface area contributed by atoms with Crippen LogP contribution in [0, 0.1) is 0 Å². The lowest BCUT2D eigenvalue weighted by atomic mass is 10.1. The van der Waals surface area contributed by atoms with Gasteiger partial charge < -0.3 is 14.8 Å². The predicted octanol–water partition coefficient (Wildman–Crippen LogP) is 4.76. The van der Waals surface area contributed by atoms with Crippen molar-refractivity contribution in [2.24, 2.45) is 5.10 Å². The number of nitrogens with zero attached hydrogens (tertiary/aromatic N) is 2. The van der Waals surface area contributed by atoms with Crippen molar-refractivity contribution >= 4 is 41.0 Å². The van der Waals surface area contributed by atoms with Crippen LogP contribution in [0.3, 0.4) is 0 Å². The van der Waals surface area contributed by atoms with Crippen molar-refractivity contribution in [3.05, 3.63) is 94.5 Å². The van der Waals surface area contributed by atoms with Crippen LogP contribution < -0.4 is 10.1 Å². The summed E-state index contributed by atoms with van der Waals surface area (Å²) in [6.07, 6.45) is -0.880. The van der Waals surface area contributed by atoms with Gasteiger partial charge in [0.25, 0.3) is 5.91 Å². The number of hydrazone groups is 1. The number of anilines is 1. The number of ether oxygens (including phenoxy) is 2. The van der Waals surface area contributed by atoms with Crippen molar-refractivity contribution in [1.82, 2.24) is 5.01 Å². The van der Waals surface area contributed by atoms with Crippen molar-refractivity contribution in [2.75, 3.05) is 5.32 Å². The average molecular weight is 478 g/mol. The molecular weight excluding hydrogens is 458 g/mol. The summed E-state index contributed by atoms with van der Waals surface area (Å²) in [6.45, 7) is 2.66. The van der Waals surface area contributed by atoms with Crippen LogP contribution in [-0.2, 0) is 14.3 Å². The molecular formula is C25H20ClN3O5. The number of hydrogen-bond donors (Lipinski definition) is 1. The first-order valence-electron chi connectivity index (χ1n) is 10.3. The standard InChI is InChI=1S/C25H20ClN3O5/c1-15(30)29-25(34-24(28-29)20-11-4-6-13-22(20)33-16(2)31)17-8-7-9-18(14-17)27-23(32)19-10-3-5-12-21(19)26/h3-14,25H,1-2H3,(H,27,32)/t25-/m0/s1. The van der Waals surface area contributed by atoms with Crippen LogP contribution in [0.15, 0.2) is 77.9 Å². The minimum Gasteiger partial charge on any atom is -0.446 e. The summed E-state index contributed by atoms with van der Waals surface area (Å²) in [7, 11) is 0. The second-order valence-electron chi connectivity index (χ2n) is 7.39. The van der Waals surface area contributed by atoms with E-state index in [2.05, 4.69) is 10.4 Å². The van der Waals surface area contributed by atoms with E-state index in [4.69, 9.17) is 21.1 Å². The van der Waals surface area contributed by atoms with E-state index in [-0.39, 0.29) is 23.5 Å². The summed E-state index contributed by atoms with van der Waals surface area (Å²) in [6, 6.07) is 20.3. The highest BCUT2D eigenvalue weighted by molar-refractivity contribution is 6.34. The Kier molecular flexibility index (Phi) is 6.60. The first-order chi connectivity index (χ1) is 16.3. The minimum atomic E-state index is -0.880. The number of hydrogen-bond acceptors (Lipinski definition) is 6. The van der Waals surface area contributed by atoms with Crippen LogP contribution >= 0.6 is 11.6 Å². The zero-order valence-corrected chi connectivity index (χ0v) is 19.1. The SMILES string of the molecule is CC(=O)Oc1ccccc1C1=NN(C(C)=O)[C@H](c2cccc(NC(=O)c3ccccc3Cl)c2)O1. The van der Waals surface area contributed by atoms with Gasteiger partial charge in [0, 0.05) is 25.1 Å². The van der Waals surface area contributed by atoms with Crippen LogP contribution in [0.25, 0.3) is 0 Å². The molecule has 1 atom stereocenters. The fourth-order valence-electron chi connectivity index (χ4n) is 3.39. The van der Waals surface area contributed by atoms with Gasteiger partial charge in [-0.2, -0.15) is 5.01 Å². The summed E-state index contributed by atoms with van der Waals surface area (Å²) in [4.78, 5) is 36.4. The maximum Gasteiger partial charge on any atom is 0.308 e. The number of benzene rings is 3. The smallest absolute Gasteiger partial charge is 0.308 e. The number of rotatable bonds is 5. The molecule has 0 aliphatic carbocycles. The second kappa shape index (κ2) is 9.76. The topological polar surface area (TPSA) is 97.3 Å². The number of para-hydroxylation sites is 1. The molecule has 0 radical (unpaired) electrons. The molecule has 3 aromatic rings. The third-order valence-electron chi connectivity index (χ3n) is 4.89. The van der Waals surface area contributed by atoms with Crippen molar-refractivity contribution < 1.29 is 23.9 Å². The van der Waals surface area contributed by atoms with Gasteiger partial charge in [-0.1, -0.05) is 48.0 Å². The van der Waals surface area contributed by atoms with E-state index in [1.165, 1.54) is 18.9 Å². The van der Waals surface area contributed by atoms with Crippen molar-refractivity contribution in [1.29, 1.82) is 0 Å². The van der Waals surface area contributed by atoms with Crippen LogP contribution in [0.4, 0.5) is 5.69 Å². The highest BCUT2D eigenvalue weighted by Gasteiger charge is 2.34. The molecule has 8 nitrogen and oxygen atoms in total. The predicted molar refractivity (Wildman–Crippen MR) is 126 cm³/mol. The summed E-state index contributed by atoms with van der Waals surface area (Å²) in [5.41, 5.74) is 1.83. The zero-order valence-electron chi connectivity index (χ0n) is 18.3. The fourth-order valence-corrected chi connectivity index (χ4v) is 3.61. The van der Waals surface area contributed by atoms with Gasteiger partial charge in [0.1, 0.15) is 5.75 Å². The number of halogens is 1. The Morgan fingerprint density at radius 1 is 1.00 bits per heavy atom. The molecule has 0 bridgehead atoms. The molecule has 0 saturated carbocycles. The summed E-state index contributed by atoms with van der Waals surface area (Å²) in [5, 5.41) is 8.64. The first kappa shape index (κ1) is 23.0. The molecule has 1 aliphatic heterocycles. The number of carbonyl (C=O) groups excluding carboxylic acids is 3. The van der Waals surface area contributed by atoms with Gasteiger partial charge in [-0.3, -0.25) is 14.4 Å². The molecule has 9 heteroatoms. The third-order valence-corrected chi connectivity index (χ3v) is 5.22. The zero-order chi connectivity index (χ0) is 24.2. The molecule has 172 valence electrons. The van der Waals surface area contributed by atoms with E-state index < -0.39 is 12.2 Å². The van der Waals surface area contributed by atoms with Gasteiger partial charge in [-0.15, -0.1) is 5.10 Å². The van der Waals surface area contributed by atoms with E-state index in [0.29, 0.717) is 27.4 Å². The maximum absolute atomic E-state index is 12.6. The molecule has 0 unspecified atom stereocenters. The van der Waals surface area contributed by atoms with Crippen LogP contribution in [-0.4, -0.2) is 28.7 Å². The lowest BCUT2D eigenvalue weighted by molar-refractivity contribution is -0.135. The van der Waals surface area contributed by atoms with Crippen LogP contribution in [0.1, 0.15) is 41.6 Å². The Morgan fingerprint density at radius 3 is 2.47 bits per heavy atom. The van der Waals surface area contributed by atoms with E-state index in [1.54, 1.807) is 72.8 Å². The lowest BCUT2D eigenvalue weighted by Gasteiger charge is -2.20. The molecule has 34 heavy (non-hydrogen) atoms. The average Bonchev–Trinajstić information content (AvgIpc) is 3.25. The molecule has 1 heterocycles. The van der Waals surface area contributed by atoms with E-state index in [1.807, 2.05) is 0 Å². The number of esters is 1. The van der Waals surface area contributed by atoms with Crippen LogP contribution in [0.5, 0.6) is 5.75 Å². The number of amides is 2. The maximum atomic E-state index is 12.6. The molecule has 0 aromatic heterocycles. The van der Waals surface area contributed by atoms with E-state index in [9.17, 15) is 14.4 Å². The van der Waals surface area contributed by atoms with Gasteiger partial charge in [0.05, 0.1) is 16.1 Å². The third kappa shape index (κ3) is 4.92. The molecule has 0 spiro atoms. The molecule has 1 aliphatic rings. The van der Waals surface area contributed by atoms with Crippen molar-refractivity contribution in [3.8, 4) is 5.75 Å². The Morgan fingerprint density at radius 2 is 1.74 bits per heavy atom. The largest absolute Gasteiger partial charge is 0.446 e. The van der Waals surface area contributed by atoms with Crippen molar-refractivity contribution in [2.45, 2.75) is 20.1 Å². The quantitative estimate of drug-likeness (QED) is 0.422. The molecule has 3 aromatic carbocycles. The van der Waals surface area contributed by atoms with Gasteiger partial charge in [0.2, 0.25) is 18.0 Å². The summed E-state index contributed by atoms with van der Waals surface area (Å²) in [5.74, 6) is -0.824. The normalized spacial score (nSPS) is 14.7. The summed E-state index contributed by atoms with van der Waals surface area (Å²) >= 11 is 6.12. The molecule has 4 rings (SSSR count). The minimum absolute atomic E-state index is 0.127. The number of carbonyl (C=O) groups is 3. The fraction of sp³-hybridized carbons (Fsp3) is 0.120. The highest BCUT2D eigenvalue weighted by Crippen LogP contribution is 2.33. The molecule has 2 amide bonds. The highest BCUT2D eigenvalue weighted by atomic mass is 35.5. The molecule has 1 N–H and O–H groups in total. The Bertz CT molecular complexity index is 1310. The van der Waals surface area contributed by atoms with Crippen LogP contribution in [0.2, 0.25) is 5.02 Å². The van der Waals surface area contributed by atoms with Gasteiger partial charge in [0.15, 0.2) is 0 Å². The number of nitrogens with one attached hydrogen (secondary N) is 1. The van der Waals surface area contributed by atoms with E-state index in [0.717, 1.165) is 0 Å². The van der Waals surface area contributed by atoms with Gasteiger partial charge in [-0.25, -0.2) is 0 Å².